The summed E-state index contributed by atoms with van der Waals surface area (Å²) in [5, 5.41) is 3.55. The number of carbonyl (C=O) groups excluding carboxylic acids is 1. The van der Waals surface area contributed by atoms with Gasteiger partial charge in [0.2, 0.25) is 5.91 Å². The Bertz CT molecular complexity index is 390. The lowest BCUT2D eigenvalue weighted by atomic mass is 9.92. The summed E-state index contributed by atoms with van der Waals surface area (Å²) >= 11 is 0. The second-order valence-electron chi connectivity index (χ2n) is 6.82. The molecule has 4 heteroatoms. The Hall–Kier alpha value is -1.19. The Morgan fingerprint density at radius 2 is 2.10 bits per heavy atom. The van der Waals surface area contributed by atoms with Gasteiger partial charge in [0.15, 0.2) is 5.88 Å². The predicted molar refractivity (Wildman–Crippen MR) is 80.1 cm³/mol. The topological polar surface area (TPSA) is 41.6 Å². The van der Waals surface area contributed by atoms with Crippen LogP contribution >= 0.6 is 0 Å². The van der Waals surface area contributed by atoms with Crippen LogP contribution in [-0.2, 0) is 9.53 Å². The first-order valence-corrected chi connectivity index (χ1v) is 7.84. The van der Waals surface area contributed by atoms with E-state index in [4.69, 9.17) is 4.74 Å². The van der Waals surface area contributed by atoms with Crippen LogP contribution in [0, 0.1) is 0 Å². The third-order valence-electron chi connectivity index (χ3n) is 3.87. The summed E-state index contributed by atoms with van der Waals surface area (Å²) in [6.45, 7) is 9.83. The van der Waals surface area contributed by atoms with Crippen molar-refractivity contribution in [1.82, 2.24) is 10.2 Å². The van der Waals surface area contributed by atoms with E-state index in [9.17, 15) is 4.79 Å². The standard InChI is InChI=1S/C16H28N2O2/c1-5-14(19)18-10-9-13(11-18)17-15(12-7-6-8-12)20-16(2,3)4/h13,17H,5-11H2,1-4H3. The lowest BCUT2D eigenvalue weighted by Crippen LogP contribution is -2.38. The van der Waals surface area contributed by atoms with E-state index in [0.29, 0.717) is 12.5 Å². The Balaban J connectivity index is 1.95. The van der Waals surface area contributed by atoms with Crippen molar-refractivity contribution in [3.05, 3.63) is 11.5 Å². The highest BCUT2D eigenvalue weighted by atomic mass is 16.5. The molecule has 1 aliphatic carbocycles. The van der Waals surface area contributed by atoms with Gasteiger partial charge in [-0.05, 0) is 52.0 Å². The predicted octanol–water partition coefficient (Wildman–Crippen LogP) is 2.80. The smallest absolute Gasteiger partial charge is 0.222 e. The average Bonchev–Trinajstić information content (AvgIpc) is 2.71. The maximum atomic E-state index is 11.7. The molecule has 0 aromatic heterocycles. The van der Waals surface area contributed by atoms with Gasteiger partial charge in [-0.2, -0.15) is 0 Å². The molecule has 1 amide bonds. The van der Waals surface area contributed by atoms with Crippen LogP contribution in [0.1, 0.15) is 59.8 Å². The van der Waals surface area contributed by atoms with Crippen LogP contribution in [0.4, 0.5) is 0 Å². The van der Waals surface area contributed by atoms with Crippen molar-refractivity contribution in [1.29, 1.82) is 0 Å². The lowest BCUT2D eigenvalue weighted by Gasteiger charge is -2.31. The van der Waals surface area contributed by atoms with Gasteiger partial charge in [-0.25, -0.2) is 0 Å². The van der Waals surface area contributed by atoms with Crippen molar-refractivity contribution in [2.75, 3.05) is 13.1 Å². The summed E-state index contributed by atoms with van der Waals surface area (Å²) < 4.78 is 6.09. The fraction of sp³-hybridized carbons (Fsp3) is 0.812. The zero-order valence-corrected chi connectivity index (χ0v) is 13.3. The molecule has 0 aromatic carbocycles. The highest BCUT2D eigenvalue weighted by Crippen LogP contribution is 2.30. The van der Waals surface area contributed by atoms with Crippen LogP contribution < -0.4 is 5.32 Å². The highest BCUT2D eigenvalue weighted by Gasteiger charge is 2.28. The summed E-state index contributed by atoms with van der Waals surface area (Å²) in [6, 6.07) is 0.330. The molecule has 1 atom stereocenters. The second-order valence-corrected chi connectivity index (χ2v) is 6.82. The van der Waals surface area contributed by atoms with Crippen molar-refractivity contribution in [2.45, 2.75) is 71.4 Å². The fourth-order valence-electron chi connectivity index (χ4n) is 2.60. The maximum Gasteiger partial charge on any atom is 0.222 e. The van der Waals surface area contributed by atoms with Crippen molar-refractivity contribution in [3.63, 3.8) is 0 Å². The molecule has 1 saturated carbocycles. The molecule has 4 nitrogen and oxygen atoms in total. The zero-order chi connectivity index (χ0) is 14.8. The van der Waals surface area contributed by atoms with E-state index in [2.05, 4.69) is 26.1 Å². The molecular formula is C16H28N2O2. The Labute approximate surface area is 122 Å². The number of allylic oxidation sites excluding steroid dienone is 1. The van der Waals surface area contributed by atoms with Gasteiger partial charge in [0.1, 0.15) is 5.60 Å². The van der Waals surface area contributed by atoms with Crippen LogP contribution in [-0.4, -0.2) is 35.5 Å². The number of nitrogens with one attached hydrogen (secondary N) is 1. The minimum atomic E-state index is -0.178. The minimum absolute atomic E-state index is 0.178. The number of hydrogen-bond donors (Lipinski definition) is 1. The fourth-order valence-corrected chi connectivity index (χ4v) is 2.60. The number of rotatable bonds is 4. The third-order valence-corrected chi connectivity index (χ3v) is 3.87. The van der Waals surface area contributed by atoms with Crippen molar-refractivity contribution >= 4 is 5.91 Å². The van der Waals surface area contributed by atoms with Gasteiger partial charge in [0, 0.05) is 25.6 Å². The molecule has 1 N–H and O–H groups in total. The second kappa shape index (κ2) is 6.06. The summed E-state index contributed by atoms with van der Waals surface area (Å²) in [6.07, 6.45) is 5.15. The van der Waals surface area contributed by atoms with E-state index in [-0.39, 0.29) is 11.5 Å². The van der Waals surface area contributed by atoms with Gasteiger partial charge >= 0.3 is 0 Å². The zero-order valence-electron chi connectivity index (χ0n) is 13.3. The van der Waals surface area contributed by atoms with Crippen LogP contribution in [0.15, 0.2) is 11.5 Å². The van der Waals surface area contributed by atoms with E-state index in [1.165, 1.54) is 12.0 Å². The summed E-state index contributed by atoms with van der Waals surface area (Å²) in [5.41, 5.74) is 1.22. The first kappa shape index (κ1) is 15.2. The summed E-state index contributed by atoms with van der Waals surface area (Å²) in [5.74, 6) is 1.23. The van der Waals surface area contributed by atoms with Crippen molar-refractivity contribution in [2.24, 2.45) is 0 Å². The molecule has 114 valence electrons. The van der Waals surface area contributed by atoms with E-state index < -0.39 is 0 Å². The van der Waals surface area contributed by atoms with Gasteiger partial charge in [0.05, 0.1) is 0 Å². The lowest BCUT2D eigenvalue weighted by molar-refractivity contribution is -0.129. The maximum absolute atomic E-state index is 11.7. The highest BCUT2D eigenvalue weighted by molar-refractivity contribution is 5.76. The first-order valence-electron chi connectivity index (χ1n) is 7.84. The molecule has 0 spiro atoms. The Morgan fingerprint density at radius 3 is 2.60 bits per heavy atom. The van der Waals surface area contributed by atoms with Gasteiger partial charge in [0.25, 0.3) is 0 Å². The molecule has 0 aromatic rings. The molecule has 0 bridgehead atoms. The first-order chi connectivity index (χ1) is 9.39. The number of carbonyl (C=O) groups is 1. The van der Waals surface area contributed by atoms with Gasteiger partial charge < -0.3 is 15.0 Å². The van der Waals surface area contributed by atoms with E-state index in [1.807, 2.05) is 11.8 Å². The van der Waals surface area contributed by atoms with Crippen molar-refractivity contribution < 1.29 is 9.53 Å². The monoisotopic (exact) mass is 280 g/mol. The van der Waals surface area contributed by atoms with Crippen LogP contribution in [0.3, 0.4) is 0 Å². The molecule has 0 radical (unpaired) electrons. The summed E-state index contributed by atoms with van der Waals surface area (Å²) in [7, 11) is 0. The average molecular weight is 280 g/mol. The van der Waals surface area contributed by atoms with Crippen molar-refractivity contribution in [3.8, 4) is 0 Å². The number of likely N-dealkylation sites (tertiary alicyclic amines) is 1. The normalized spacial score (nSPS) is 22.5. The third kappa shape index (κ3) is 3.90. The minimum Gasteiger partial charge on any atom is -0.474 e. The quantitative estimate of drug-likeness (QED) is 0.805. The SMILES string of the molecule is CCC(=O)N1CCC(NC(OC(C)(C)C)=C2CCC2)C1. The Kier molecular flexibility index (Phi) is 4.61. The summed E-state index contributed by atoms with van der Waals surface area (Å²) in [4.78, 5) is 13.7. The van der Waals surface area contributed by atoms with Crippen LogP contribution in [0.5, 0.6) is 0 Å². The largest absolute Gasteiger partial charge is 0.474 e. The van der Waals surface area contributed by atoms with E-state index in [0.717, 1.165) is 38.2 Å². The van der Waals surface area contributed by atoms with Crippen LogP contribution in [0.2, 0.25) is 0 Å². The number of hydrogen-bond acceptors (Lipinski definition) is 3. The number of ether oxygens (including phenoxy) is 1. The van der Waals surface area contributed by atoms with Crippen LogP contribution in [0.25, 0.3) is 0 Å². The molecule has 2 rings (SSSR count). The molecule has 1 unspecified atom stereocenters. The molecular weight excluding hydrogens is 252 g/mol. The Morgan fingerprint density at radius 1 is 1.40 bits per heavy atom. The van der Waals surface area contributed by atoms with E-state index in [1.54, 1.807) is 0 Å². The molecule has 20 heavy (non-hydrogen) atoms. The molecule has 2 aliphatic rings. The molecule has 2 fully saturated rings. The molecule has 1 aliphatic heterocycles. The molecule has 1 saturated heterocycles. The molecule has 1 heterocycles. The van der Waals surface area contributed by atoms with Gasteiger partial charge in [-0.3, -0.25) is 4.79 Å². The van der Waals surface area contributed by atoms with Gasteiger partial charge in [-0.1, -0.05) is 6.92 Å². The van der Waals surface area contributed by atoms with E-state index >= 15 is 0 Å². The van der Waals surface area contributed by atoms with Gasteiger partial charge in [-0.15, -0.1) is 0 Å². The number of nitrogens with zero attached hydrogens (tertiary/aromatic N) is 1. The number of amides is 1.